The molecule has 3 atom stereocenters. The van der Waals surface area contributed by atoms with Gasteiger partial charge in [-0.25, -0.2) is 9.59 Å². The summed E-state index contributed by atoms with van der Waals surface area (Å²) in [6.07, 6.45) is 0.305. The number of carboxylic acids is 2. The van der Waals surface area contributed by atoms with Crippen LogP contribution in [0.25, 0.3) is 0 Å². The summed E-state index contributed by atoms with van der Waals surface area (Å²) in [6.45, 7) is 3.25. The summed E-state index contributed by atoms with van der Waals surface area (Å²) >= 11 is 1.04. The highest BCUT2D eigenvalue weighted by molar-refractivity contribution is 8.01. The lowest BCUT2D eigenvalue weighted by molar-refractivity contribution is -0.150. The van der Waals surface area contributed by atoms with Crippen LogP contribution in [0.3, 0.4) is 0 Å². The molecule has 1 aliphatic heterocycles. The normalized spacial score (nSPS) is 22.5. The van der Waals surface area contributed by atoms with Crippen molar-refractivity contribution in [2.24, 2.45) is 0 Å². The third kappa shape index (κ3) is 4.16. The van der Waals surface area contributed by atoms with Gasteiger partial charge in [0.2, 0.25) is 12.3 Å². The Balaban J connectivity index is 2.21. The van der Waals surface area contributed by atoms with Crippen LogP contribution in [0.15, 0.2) is 30.3 Å². The van der Waals surface area contributed by atoms with Gasteiger partial charge in [0.15, 0.2) is 6.04 Å². The smallest absolute Gasteiger partial charge is 0.329 e. The average Bonchev–Trinajstić information content (AvgIpc) is 2.83. The number of nitrogens with zero attached hydrogens (tertiary/aromatic N) is 1. The van der Waals surface area contributed by atoms with Crippen molar-refractivity contribution in [1.82, 2.24) is 10.2 Å². The number of carbonyl (C=O) groups is 4. The predicted molar refractivity (Wildman–Crippen MR) is 94.5 cm³/mol. The van der Waals surface area contributed by atoms with E-state index in [9.17, 15) is 29.4 Å². The van der Waals surface area contributed by atoms with Crippen LogP contribution in [-0.4, -0.2) is 61.6 Å². The zero-order valence-electron chi connectivity index (χ0n) is 14.3. The average molecular weight is 380 g/mol. The first-order chi connectivity index (χ1) is 12.2. The number of amides is 2. The Morgan fingerprint density at radius 2 is 1.88 bits per heavy atom. The van der Waals surface area contributed by atoms with Crippen LogP contribution < -0.4 is 5.32 Å². The van der Waals surface area contributed by atoms with Gasteiger partial charge in [-0.1, -0.05) is 30.3 Å². The van der Waals surface area contributed by atoms with Crippen LogP contribution in [0.2, 0.25) is 0 Å². The molecule has 1 saturated heterocycles. The van der Waals surface area contributed by atoms with Crippen molar-refractivity contribution < 1.29 is 29.4 Å². The van der Waals surface area contributed by atoms with E-state index in [2.05, 4.69) is 5.32 Å². The molecule has 8 nitrogen and oxygen atoms in total. The van der Waals surface area contributed by atoms with Gasteiger partial charge in [0, 0.05) is 4.75 Å². The highest BCUT2D eigenvalue weighted by Crippen LogP contribution is 2.45. The quantitative estimate of drug-likeness (QED) is 0.591. The van der Waals surface area contributed by atoms with Gasteiger partial charge in [-0.05, 0) is 19.4 Å². The van der Waals surface area contributed by atoms with Gasteiger partial charge < -0.3 is 20.4 Å². The number of rotatable bonds is 7. The fraction of sp³-hybridized carbons (Fsp3) is 0.412. The van der Waals surface area contributed by atoms with E-state index in [-0.39, 0.29) is 6.42 Å². The molecule has 3 unspecified atom stereocenters. The van der Waals surface area contributed by atoms with Gasteiger partial charge in [-0.3, -0.25) is 9.59 Å². The van der Waals surface area contributed by atoms with Crippen molar-refractivity contribution in [3.63, 3.8) is 0 Å². The van der Waals surface area contributed by atoms with E-state index in [0.717, 1.165) is 16.7 Å². The summed E-state index contributed by atoms with van der Waals surface area (Å²) in [5.41, 5.74) is 0.712. The standard InChI is InChI=1S/C17H20N2O6S/c1-17(2)13(16(24)25)19(9-20)14(26-17)12(15(22)23)18-11(21)8-10-6-4-3-5-7-10/h3-7,9,12-14H,8H2,1-2H3,(H,18,21)(H,22,23)(H,24,25). The lowest BCUT2D eigenvalue weighted by Gasteiger charge is -2.28. The lowest BCUT2D eigenvalue weighted by atomic mass is 10.0. The summed E-state index contributed by atoms with van der Waals surface area (Å²) in [5, 5.41) is 20.3. The number of benzene rings is 1. The Morgan fingerprint density at radius 3 is 2.38 bits per heavy atom. The second-order valence-corrected chi connectivity index (χ2v) is 8.22. The van der Waals surface area contributed by atoms with Gasteiger partial charge in [0.25, 0.3) is 0 Å². The number of hydrogen-bond acceptors (Lipinski definition) is 5. The Morgan fingerprint density at radius 1 is 1.27 bits per heavy atom. The molecule has 1 aromatic carbocycles. The summed E-state index contributed by atoms with van der Waals surface area (Å²) in [6, 6.07) is 6.18. The van der Waals surface area contributed by atoms with Crippen LogP contribution in [0, 0.1) is 0 Å². The molecular weight excluding hydrogens is 360 g/mol. The molecule has 1 aliphatic rings. The Hall–Kier alpha value is -2.55. The molecule has 0 radical (unpaired) electrons. The number of thioether (sulfide) groups is 1. The van der Waals surface area contributed by atoms with E-state index in [0.29, 0.717) is 12.0 Å². The van der Waals surface area contributed by atoms with Gasteiger partial charge in [0.05, 0.1) is 6.42 Å². The third-order valence-corrected chi connectivity index (χ3v) is 5.69. The summed E-state index contributed by atoms with van der Waals surface area (Å²) in [5.74, 6) is -3.08. The molecule has 26 heavy (non-hydrogen) atoms. The van der Waals surface area contributed by atoms with Crippen LogP contribution in [0.1, 0.15) is 19.4 Å². The minimum absolute atomic E-state index is 0.0190. The lowest BCUT2D eigenvalue weighted by Crippen LogP contribution is -2.55. The molecule has 0 bridgehead atoms. The van der Waals surface area contributed by atoms with Gasteiger partial charge >= 0.3 is 11.9 Å². The number of aliphatic carboxylic acids is 2. The van der Waals surface area contributed by atoms with E-state index >= 15 is 0 Å². The SMILES string of the molecule is CC1(C)SC(C(NC(=O)Cc2ccccc2)C(=O)O)N(C=O)C1C(=O)O. The molecule has 0 spiro atoms. The van der Waals surface area contributed by atoms with Crippen molar-refractivity contribution in [3.05, 3.63) is 35.9 Å². The highest BCUT2D eigenvalue weighted by atomic mass is 32.2. The maximum atomic E-state index is 12.2. The van der Waals surface area contributed by atoms with Crippen LogP contribution in [-0.2, 0) is 25.6 Å². The van der Waals surface area contributed by atoms with E-state index in [1.165, 1.54) is 0 Å². The zero-order valence-corrected chi connectivity index (χ0v) is 15.1. The summed E-state index contributed by atoms with van der Waals surface area (Å²) < 4.78 is -0.907. The van der Waals surface area contributed by atoms with Gasteiger partial charge in [-0.15, -0.1) is 11.8 Å². The van der Waals surface area contributed by atoms with Gasteiger partial charge in [-0.2, -0.15) is 0 Å². The maximum absolute atomic E-state index is 12.2. The molecule has 140 valence electrons. The molecule has 1 fully saturated rings. The molecule has 0 saturated carbocycles. The fourth-order valence-electron chi connectivity index (χ4n) is 2.99. The Bertz CT molecular complexity index is 708. The second-order valence-electron chi connectivity index (χ2n) is 6.45. The highest BCUT2D eigenvalue weighted by Gasteiger charge is 2.54. The second kappa shape index (κ2) is 7.77. The Kier molecular flexibility index (Phi) is 5.91. The largest absolute Gasteiger partial charge is 0.480 e. The molecule has 9 heteroatoms. The number of carboxylic acid groups (broad SMARTS) is 2. The van der Waals surface area contributed by atoms with Crippen molar-refractivity contribution >= 4 is 36.0 Å². The molecule has 0 aromatic heterocycles. The third-order valence-electron chi connectivity index (χ3n) is 4.11. The van der Waals surface area contributed by atoms with E-state index < -0.39 is 40.1 Å². The molecule has 1 heterocycles. The number of hydrogen-bond donors (Lipinski definition) is 3. The molecule has 2 rings (SSSR count). The van der Waals surface area contributed by atoms with Crippen LogP contribution >= 0.6 is 11.8 Å². The molecule has 3 N–H and O–H groups in total. The molecule has 1 aromatic rings. The van der Waals surface area contributed by atoms with Gasteiger partial charge in [0.1, 0.15) is 11.4 Å². The maximum Gasteiger partial charge on any atom is 0.329 e. The Labute approximate surface area is 154 Å². The summed E-state index contributed by atoms with van der Waals surface area (Å²) in [7, 11) is 0. The van der Waals surface area contributed by atoms with E-state index in [4.69, 9.17) is 0 Å². The first kappa shape index (κ1) is 19.8. The van der Waals surface area contributed by atoms with E-state index in [1.807, 2.05) is 0 Å². The predicted octanol–water partition coefficient (Wildman–Crippen LogP) is 0.562. The first-order valence-corrected chi connectivity index (χ1v) is 8.75. The number of nitrogens with one attached hydrogen (secondary N) is 1. The summed E-state index contributed by atoms with van der Waals surface area (Å²) in [4.78, 5) is 47.9. The van der Waals surface area contributed by atoms with Crippen molar-refractivity contribution in [2.75, 3.05) is 0 Å². The minimum atomic E-state index is -1.43. The van der Waals surface area contributed by atoms with Crippen molar-refractivity contribution in [1.29, 1.82) is 0 Å². The van der Waals surface area contributed by atoms with Crippen LogP contribution in [0.4, 0.5) is 0 Å². The topological polar surface area (TPSA) is 124 Å². The number of carbonyl (C=O) groups excluding carboxylic acids is 2. The molecule has 2 amide bonds. The van der Waals surface area contributed by atoms with E-state index in [1.54, 1.807) is 44.2 Å². The zero-order chi connectivity index (χ0) is 19.5. The fourth-order valence-corrected chi connectivity index (χ4v) is 4.58. The van der Waals surface area contributed by atoms with Crippen molar-refractivity contribution in [2.45, 2.75) is 42.5 Å². The first-order valence-electron chi connectivity index (χ1n) is 7.87. The van der Waals surface area contributed by atoms with Crippen molar-refractivity contribution in [3.8, 4) is 0 Å². The molecular formula is C17H20N2O6S. The molecule has 0 aliphatic carbocycles. The minimum Gasteiger partial charge on any atom is -0.480 e. The monoisotopic (exact) mass is 380 g/mol. The van der Waals surface area contributed by atoms with Crippen LogP contribution in [0.5, 0.6) is 0 Å².